The Kier molecular flexibility index (Phi) is 6.78. The Balaban J connectivity index is 2.16. The molecule has 0 saturated heterocycles. The maximum absolute atomic E-state index is 12.6. The number of nitrogens with one attached hydrogen (secondary N) is 1. The zero-order valence-corrected chi connectivity index (χ0v) is 15.8. The molecule has 0 fully saturated rings. The number of rotatable bonds is 7. The molecular formula is C21H26N2O3. The molecule has 0 aromatic heterocycles. The summed E-state index contributed by atoms with van der Waals surface area (Å²) in [5.74, 6) is 0.371. The molecule has 0 radical (unpaired) electrons. The minimum Gasteiger partial charge on any atom is -0.483 e. The minimum atomic E-state index is -0.200. The van der Waals surface area contributed by atoms with E-state index in [9.17, 15) is 9.59 Å². The van der Waals surface area contributed by atoms with Gasteiger partial charge in [-0.2, -0.15) is 0 Å². The zero-order chi connectivity index (χ0) is 19.1. The number of carbonyl (C=O) groups excluding carboxylic acids is 2. The van der Waals surface area contributed by atoms with Crippen LogP contribution in [-0.4, -0.2) is 37.4 Å². The van der Waals surface area contributed by atoms with Crippen molar-refractivity contribution in [1.29, 1.82) is 0 Å². The fourth-order valence-electron chi connectivity index (χ4n) is 2.60. The van der Waals surface area contributed by atoms with Gasteiger partial charge in [-0.05, 0) is 31.5 Å². The summed E-state index contributed by atoms with van der Waals surface area (Å²) in [6.07, 6.45) is 0.708. The lowest BCUT2D eigenvalue weighted by atomic mass is 10.0. The second-order valence-corrected chi connectivity index (χ2v) is 6.42. The molecule has 1 unspecified atom stereocenters. The summed E-state index contributed by atoms with van der Waals surface area (Å²) in [5, 5.41) is 3.06. The Hall–Kier alpha value is -2.82. The minimum absolute atomic E-state index is 0.0354. The summed E-state index contributed by atoms with van der Waals surface area (Å²) in [6.45, 7) is 3.92. The smallest absolute Gasteiger partial charge is 0.259 e. The Morgan fingerprint density at radius 1 is 1.12 bits per heavy atom. The Morgan fingerprint density at radius 2 is 1.85 bits per heavy atom. The van der Waals surface area contributed by atoms with Crippen molar-refractivity contribution in [3.63, 3.8) is 0 Å². The van der Waals surface area contributed by atoms with Crippen LogP contribution in [0.3, 0.4) is 0 Å². The van der Waals surface area contributed by atoms with Gasteiger partial charge in [0.15, 0.2) is 6.61 Å². The van der Waals surface area contributed by atoms with Gasteiger partial charge in [0.05, 0.1) is 6.04 Å². The van der Waals surface area contributed by atoms with Gasteiger partial charge in [-0.1, -0.05) is 42.8 Å². The summed E-state index contributed by atoms with van der Waals surface area (Å²) in [7, 11) is 3.38. The second-order valence-electron chi connectivity index (χ2n) is 6.42. The van der Waals surface area contributed by atoms with Gasteiger partial charge in [0.25, 0.3) is 11.8 Å². The molecule has 138 valence electrons. The first-order valence-electron chi connectivity index (χ1n) is 8.71. The molecule has 5 nitrogen and oxygen atoms in total. The molecule has 26 heavy (non-hydrogen) atoms. The van der Waals surface area contributed by atoms with Crippen LogP contribution in [0.15, 0.2) is 48.5 Å². The third-order valence-corrected chi connectivity index (χ3v) is 4.14. The molecule has 0 aliphatic rings. The second kappa shape index (κ2) is 9.04. The van der Waals surface area contributed by atoms with Crippen molar-refractivity contribution in [2.45, 2.75) is 26.3 Å². The summed E-state index contributed by atoms with van der Waals surface area (Å²) in [5.41, 5.74) is 2.53. The highest BCUT2D eigenvalue weighted by atomic mass is 16.5. The molecule has 2 aromatic rings. The predicted molar refractivity (Wildman–Crippen MR) is 102 cm³/mol. The van der Waals surface area contributed by atoms with Crippen molar-refractivity contribution in [2.24, 2.45) is 0 Å². The van der Waals surface area contributed by atoms with Crippen LogP contribution in [0.1, 0.15) is 40.9 Å². The van der Waals surface area contributed by atoms with Gasteiger partial charge in [-0.25, -0.2) is 0 Å². The number of ether oxygens (including phenoxy) is 1. The summed E-state index contributed by atoms with van der Waals surface area (Å²) >= 11 is 0. The monoisotopic (exact) mass is 354 g/mol. The number of hydrogen-bond acceptors (Lipinski definition) is 3. The zero-order valence-electron chi connectivity index (χ0n) is 15.8. The number of aryl methyl sites for hydroxylation is 1. The van der Waals surface area contributed by atoms with Crippen LogP contribution in [0.5, 0.6) is 5.75 Å². The molecule has 2 amide bonds. The van der Waals surface area contributed by atoms with Gasteiger partial charge in [0, 0.05) is 25.2 Å². The first-order valence-corrected chi connectivity index (χ1v) is 8.71. The van der Waals surface area contributed by atoms with Gasteiger partial charge >= 0.3 is 0 Å². The molecule has 0 aliphatic heterocycles. The molecule has 0 aliphatic carbocycles. The summed E-state index contributed by atoms with van der Waals surface area (Å²) in [6, 6.07) is 14.8. The normalized spacial score (nSPS) is 11.5. The fourth-order valence-corrected chi connectivity index (χ4v) is 2.60. The van der Waals surface area contributed by atoms with E-state index in [1.54, 1.807) is 20.2 Å². The van der Waals surface area contributed by atoms with Crippen LogP contribution in [0.25, 0.3) is 0 Å². The third kappa shape index (κ3) is 5.09. The highest BCUT2D eigenvalue weighted by molar-refractivity contribution is 5.94. The summed E-state index contributed by atoms with van der Waals surface area (Å²) in [4.78, 5) is 25.9. The lowest BCUT2D eigenvalue weighted by Crippen LogP contribution is -2.30. The van der Waals surface area contributed by atoms with Crippen molar-refractivity contribution < 1.29 is 14.3 Å². The maximum Gasteiger partial charge on any atom is 0.259 e. The molecule has 0 heterocycles. The molecule has 0 bridgehead atoms. The molecular weight excluding hydrogens is 328 g/mol. The van der Waals surface area contributed by atoms with Crippen LogP contribution < -0.4 is 10.1 Å². The molecule has 2 aromatic carbocycles. The van der Waals surface area contributed by atoms with E-state index in [-0.39, 0.29) is 24.5 Å². The Bertz CT molecular complexity index is 771. The van der Waals surface area contributed by atoms with Crippen LogP contribution in [0.2, 0.25) is 0 Å². The SMILES string of the molecule is CCC(NC(=O)c1cccc(C)c1)c1ccccc1OCC(=O)N(C)C. The largest absolute Gasteiger partial charge is 0.483 e. The lowest BCUT2D eigenvalue weighted by molar-refractivity contribution is -0.130. The van der Waals surface area contributed by atoms with Gasteiger partial charge in [-0.15, -0.1) is 0 Å². The molecule has 0 spiro atoms. The molecule has 1 N–H and O–H groups in total. The Morgan fingerprint density at radius 3 is 2.50 bits per heavy atom. The van der Waals surface area contributed by atoms with E-state index in [1.165, 1.54) is 4.90 Å². The van der Waals surface area contributed by atoms with Crippen LogP contribution in [0.4, 0.5) is 0 Å². The first-order chi connectivity index (χ1) is 12.4. The van der Waals surface area contributed by atoms with Crippen LogP contribution in [0, 0.1) is 6.92 Å². The molecule has 2 rings (SSSR count). The number of benzene rings is 2. The number of hydrogen-bond donors (Lipinski definition) is 1. The van der Waals surface area contributed by atoms with Crippen molar-refractivity contribution in [3.05, 3.63) is 65.2 Å². The van der Waals surface area contributed by atoms with Crippen LogP contribution >= 0.6 is 0 Å². The topological polar surface area (TPSA) is 58.6 Å². The lowest BCUT2D eigenvalue weighted by Gasteiger charge is -2.21. The number of likely N-dealkylation sites (N-methyl/N-ethyl adjacent to an activating group) is 1. The maximum atomic E-state index is 12.6. The van der Waals surface area contributed by atoms with E-state index in [4.69, 9.17) is 4.74 Å². The van der Waals surface area contributed by atoms with Crippen molar-refractivity contribution in [1.82, 2.24) is 10.2 Å². The van der Waals surface area contributed by atoms with Crippen molar-refractivity contribution in [2.75, 3.05) is 20.7 Å². The van der Waals surface area contributed by atoms with E-state index >= 15 is 0 Å². The first kappa shape index (κ1) is 19.5. The van der Waals surface area contributed by atoms with E-state index in [0.717, 1.165) is 11.1 Å². The average molecular weight is 354 g/mol. The predicted octanol–water partition coefficient (Wildman–Crippen LogP) is 3.34. The van der Waals surface area contributed by atoms with Gasteiger partial charge in [0.2, 0.25) is 0 Å². The average Bonchev–Trinajstić information content (AvgIpc) is 2.64. The Labute approximate surface area is 155 Å². The summed E-state index contributed by atoms with van der Waals surface area (Å²) < 4.78 is 5.71. The van der Waals surface area contributed by atoms with Gasteiger partial charge < -0.3 is 15.0 Å². The standard InChI is InChI=1S/C21H26N2O3/c1-5-18(22-21(25)16-10-8-9-15(2)13-16)17-11-6-7-12-19(17)26-14-20(24)23(3)4/h6-13,18H,5,14H2,1-4H3,(H,22,25). The number of amides is 2. The highest BCUT2D eigenvalue weighted by Crippen LogP contribution is 2.27. The quantitative estimate of drug-likeness (QED) is 0.830. The third-order valence-electron chi connectivity index (χ3n) is 4.14. The van der Waals surface area contributed by atoms with E-state index in [1.807, 2.05) is 56.3 Å². The molecule has 1 atom stereocenters. The van der Waals surface area contributed by atoms with Crippen molar-refractivity contribution in [3.8, 4) is 5.75 Å². The van der Waals surface area contributed by atoms with E-state index < -0.39 is 0 Å². The number of nitrogens with zero attached hydrogens (tertiary/aromatic N) is 1. The van der Waals surface area contributed by atoms with Crippen molar-refractivity contribution >= 4 is 11.8 Å². The van der Waals surface area contributed by atoms with E-state index in [2.05, 4.69) is 5.32 Å². The van der Waals surface area contributed by atoms with Gasteiger partial charge in [-0.3, -0.25) is 9.59 Å². The fraction of sp³-hybridized carbons (Fsp3) is 0.333. The highest BCUT2D eigenvalue weighted by Gasteiger charge is 2.18. The molecule has 5 heteroatoms. The van der Waals surface area contributed by atoms with Gasteiger partial charge in [0.1, 0.15) is 5.75 Å². The number of carbonyl (C=O) groups is 2. The van der Waals surface area contributed by atoms with E-state index in [0.29, 0.717) is 17.7 Å². The number of para-hydroxylation sites is 1. The van der Waals surface area contributed by atoms with Crippen LogP contribution in [-0.2, 0) is 4.79 Å². The molecule has 0 saturated carbocycles.